The molecule has 1 atom stereocenters. The van der Waals surface area contributed by atoms with Crippen molar-refractivity contribution in [3.63, 3.8) is 0 Å². The van der Waals surface area contributed by atoms with Crippen LogP contribution in [0.15, 0.2) is 41.5 Å². The number of aryl methyl sites for hydroxylation is 2. The van der Waals surface area contributed by atoms with Gasteiger partial charge in [-0.1, -0.05) is 30.3 Å². The van der Waals surface area contributed by atoms with Gasteiger partial charge >= 0.3 is 5.97 Å². The number of hydrogen-bond acceptors (Lipinski definition) is 6. The minimum absolute atomic E-state index is 0.0595. The van der Waals surface area contributed by atoms with Crippen LogP contribution in [0, 0.1) is 12.8 Å². The van der Waals surface area contributed by atoms with E-state index < -0.39 is 0 Å². The molecule has 3 heterocycles. The zero-order chi connectivity index (χ0) is 22.7. The van der Waals surface area contributed by atoms with Crippen molar-refractivity contribution in [3.05, 3.63) is 51.9 Å². The number of rotatable bonds is 6. The molecule has 1 aliphatic rings. The molecule has 0 N–H and O–H groups in total. The van der Waals surface area contributed by atoms with Crippen LogP contribution >= 0.6 is 11.3 Å². The number of fused-ring (bicyclic) bond motifs is 1. The van der Waals surface area contributed by atoms with E-state index in [1.807, 2.05) is 37.3 Å². The summed E-state index contributed by atoms with van der Waals surface area (Å²) in [7, 11) is 0. The third kappa shape index (κ3) is 4.46. The van der Waals surface area contributed by atoms with Crippen LogP contribution in [0.4, 0.5) is 0 Å². The molecule has 1 aliphatic heterocycles. The molecular weight excluding hydrogens is 426 g/mol. The van der Waals surface area contributed by atoms with Crippen molar-refractivity contribution in [2.24, 2.45) is 5.92 Å². The van der Waals surface area contributed by atoms with Crippen molar-refractivity contribution in [1.82, 2.24) is 14.5 Å². The molecule has 3 aromatic rings. The first-order valence-corrected chi connectivity index (χ1v) is 11.8. The Morgan fingerprint density at radius 1 is 1.25 bits per heavy atom. The molecule has 0 spiro atoms. The van der Waals surface area contributed by atoms with Crippen molar-refractivity contribution in [2.45, 2.75) is 39.7 Å². The zero-order valence-electron chi connectivity index (χ0n) is 18.4. The van der Waals surface area contributed by atoms with E-state index in [9.17, 15) is 14.4 Å². The average Bonchev–Trinajstić information content (AvgIpc) is 3.16. The monoisotopic (exact) mass is 453 g/mol. The highest BCUT2D eigenvalue weighted by atomic mass is 32.1. The van der Waals surface area contributed by atoms with Gasteiger partial charge in [-0.2, -0.15) is 0 Å². The lowest BCUT2D eigenvalue weighted by atomic mass is 9.98. The maximum absolute atomic E-state index is 13.3. The summed E-state index contributed by atoms with van der Waals surface area (Å²) >= 11 is 1.51. The molecular formula is C24H27N3O4S. The van der Waals surface area contributed by atoms with Crippen LogP contribution in [-0.2, 0) is 20.9 Å². The van der Waals surface area contributed by atoms with Gasteiger partial charge in [0.1, 0.15) is 4.83 Å². The highest BCUT2D eigenvalue weighted by Crippen LogP contribution is 2.35. The van der Waals surface area contributed by atoms with Crippen molar-refractivity contribution < 1.29 is 14.3 Å². The van der Waals surface area contributed by atoms with Crippen molar-refractivity contribution >= 4 is 33.4 Å². The highest BCUT2D eigenvalue weighted by molar-refractivity contribution is 7.19. The van der Waals surface area contributed by atoms with E-state index in [0.717, 1.165) is 28.8 Å². The molecule has 32 heavy (non-hydrogen) atoms. The molecule has 0 saturated carbocycles. The fourth-order valence-electron chi connectivity index (χ4n) is 4.28. The molecule has 4 rings (SSSR count). The summed E-state index contributed by atoms with van der Waals surface area (Å²) in [6, 6.07) is 9.83. The van der Waals surface area contributed by atoms with Crippen molar-refractivity contribution in [1.29, 1.82) is 0 Å². The number of carbonyl (C=O) groups is 2. The number of likely N-dealkylation sites (tertiary alicyclic amines) is 1. The Bertz CT molecular complexity index is 1190. The lowest BCUT2D eigenvalue weighted by molar-refractivity contribution is -0.151. The quantitative estimate of drug-likeness (QED) is 0.533. The smallest absolute Gasteiger partial charge is 0.310 e. The number of aromatic nitrogens is 2. The van der Waals surface area contributed by atoms with Crippen LogP contribution in [0.2, 0.25) is 0 Å². The molecule has 1 unspecified atom stereocenters. The molecule has 1 fully saturated rings. The van der Waals surface area contributed by atoms with Crippen LogP contribution in [0.1, 0.15) is 31.1 Å². The van der Waals surface area contributed by atoms with E-state index in [1.54, 1.807) is 11.8 Å². The number of carbonyl (C=O) groups excluding carboxylic acids is 2. The lowest BCUT2D eigenvalue weighted by Gasteiger charge is -2.31. The Hall–Kier alpha value is -3.00. The average molecular weight is 454 g/mol. The third-order valence-electron chi connectivity index (χ3n) is 5.88. The van der Waals surface area contributed by atoms with Crippen molar-refractivity contribution in [2.75, 3.05) is 19.7 Å². The second-order valence-corrected chi connectivity index (χ2v) is 9.21. The van der Waals surface area contributed by atoms with E-state index in [0.29, 0.717) is 29.9 Å². The van der Waals surface area contributed by atoms with E-state index in [1.165, 1.54) is 22.2 Å². The van der Waals surface area contributed by atoms with Crippen LogP contribution in [0.25, 0.3) is 21.3 Å². The molecule has 7 nitrogen and oxygen atoms in total. The third-order valence-corrected chi connectivity index (χ3v) is 6.89. The molecule has 1 amide bonds. The van der Waals surface area contributed by atoms with Crippen LogP contribution in [0.5, 0.6) is 0 Å². The number of amides is 1. The van der Waals surface area contributed by atoms with Crippen LogP contribution in [-0.4, -0.2) is 46.0 Å². The SMILES string of the molecule is CCOC(=O)C1CCCN(C(=O)CCn2cnc3sc(C)c(-c4ccccc4)c3c2=O)C1. The summed E-state index contributed by atoms with van der Waals surface area (Å²) in [4.78, 5) is 46.1. The van der Waals surface area contributed by atoms with E-state index >= 15 is 0 Å². The molecule has 0 radical (unpaired) electrons. The lowest BCUT2D eigenvalue weighted by Crippen LogP contribution is -2.43. The Balaban J connectivity index is 1.51. The molecule has 0 bridgehead atoms. The number of nitrogens with zero attached hydrogens (tertiary/aromatic N) is 3. The number of piperidine rings is 1. The number of benzene rings is 1. The predicted molar refractivity (Wildman–Crippen MR) is 125 cm³/mol. The second-order valence-electron chi connectivity index (χ2n) is 8.00. The normalized spacial score (nSPS) is 16.3. The summed E-state index contributed by atoms with van der Waals surface area (Å²) in [5.41, 5.74) is 1.77. The topological polar surface area (TPSA) is 81.5 Å². The standard InChI is InChI=1S/C24H27N3O4S/c1-3-31-24(30)18-10-7-12-26(14-18)19(28)11-13-27-15-25-22-21(23(27)29)20(16(2)32-22)17-8-5-4-6-9-17/h4-6,8-9,15,18H,3,7,10-14H2,1-2H3. The van der Waals surface area contributed by atoms with Crippen LogP contribution < -0.4 is 5.56 Å². The molecule has 2 aromatic heterocycles. The summed E-state index contributed by atoms with van der Waals surface area (Å²) < 4.78 is 6.63. The van der Waals surface area contributed by atoms with E-state index in [4.69, 9.17) is 4.74 Å². The fraction of sp³-hybridized carbons (Fsp3) is 0.417. The van der Waals surface area contributed by atoms with E-state index in [2.05, 4.69) is 4.98 Å². The number of ether oxygens (including phenoxy) is 1. The van der Waals surface area contributed by atoms with Gasteiger partial charge < -0.3 is 9.64 Å². The number of thiophene rings is 1. The Labute approximate surface area is 190 Å². The highest BCUT2D eigenvalue weighted by Gasteiger charge is 2.29. The predicted octanol–water partition coefficient (Wildman–Crippen LogP) is 3.63. The number of esters is 1. The van der Waals surface area contributed by atoms with Gasteiger partial charge in [0, 0.05) is 36.5 Å². The first-order valence-electron chi connectivity index (χ1n) is 11.0. The molecule has 1 saturated heterocycles. The molecule has 0 aliphatic carbocycles. The summed E-state index contributed by atoms with van der Waals surface area (Å²) in [6.45, 7) is 5.39. The zero-order valence-corrected chi connectivity index (χ0v) is 19.2. The summed E-state index contributed by atoms with van der Waals surface area (Å²) in [6.07, 6.45) is 3.23. The second kappa shape index (κ2) is 9.65. The maximum atomic E-state index is 13.3. The molecule has 1 aromatic carbocycles. The van der Waals surface area contributed by atoms with Crippen LogP contribution in [0.3, 0.4) is 0 Å². The van der Waals surface area contributed by atoms with Gasteiger partial charge in [-0.25, -0.2) is 4.98 Å². The molecule has 8 heteroatoms. The fourth-order valence-corrected chi connectivity index (χ4v) is 5.28. The van der Waals surface area contributed by atoms with Gasteiger partial charge in [0.15, 0.2) is 0 Å². The number of hydrogen-bond donors (Lipinski definition) is 0. The first-order chi connectivity index (χ1) is 15.5. The van der Waals surface area contributed by atoms with Crippen molar-refractivity contribution in [3.8, 4) is 11.1 Å². The van der Waals surface area contributed by atoms with Gasteiger partial charge in [0.2, 0.25) is 5.91 Å². The summed E-state index contributed by atoms with van der Waals surface area (Å²) in [5.74, 6) is -0.566. The maximum Gasteiger partial charge on any atom is 0.310 e. The van der Waals surface area contributed by atoms with Gasteiger partial charge in [-0.15, -0.1) is 11.3 Å². The van der Waals surface area contributed by atoms with Gasteiger partial charge in [0.05, 0.1) is 24.2 Å². The van der Waals surface area contributed by atoms with Gasteiger partial charge in [-0.3, -0.25) is 19.0 Å². The Morgan fingerprint density at radius 2 is 2.03 bits per heavy atom. The molecule has 168 valence electrons. The minimum Gasteiger partial charge on any atom is -0.466 e. The summed E-state index contributed by atoms with van der Waals surface area (Å²) in [5, 5.41) is 0.606. The minimum atomic E-state index is -0.268. The van der Waals surface area contributed by atoms with E-state index in [-0.39, 0.29) is 36.3 Å². The first kappa shape index (κ1) is 22.2. The Kier molecular flexibility index (Phi) is 6.69. The Morgan fingerprint density at radius 3 is 2.78 bits per heavy atom. The largest absolute Gasteiger partial charge is 0.466 e. The van der Waals surface area contributed by atoms with Gasteiger partial charge in [-0.05, 0) is 32.3 Å². The van der Waals surface area contributed by atoms with Gasteiger partial charge in [0.25, 0.3) is 5.56 Å².